The maximum Gasteiger partial charge on any atom is 0.315 e. The Morgan fingerprint density at radius 3 is 2.96 bits per heavy atom. The second-order valence-electron chi connectivity index (χ2n) is 6.64. The van der Waals surface area contributed by atoms with Gasteiger partial charge in [0.05, 0.1) is 6.04 Å². The highest BCUT2D eigenvalue weighted by Gasteiger charge is 2.31. The van der Waals surface area contributed by atoms with E-state index >= 15 is 0 Å². The number of nitrogens with zero attached hydrogens (tertiary/aromatic N) is 1. The molecular weight excluding hydrogens is 321 g/mol. The SMILES string of the molecule is O=C(NCCC1=CCCCC1)N[C@@H]1CC(=O)N(c2cccc(F)c2)C1. The summed E-state index contributed by atoms with van der Waals surface area (Å²) in [4.78, 5) is 25.7. The van der Waals surface area contributed by atoms with Gasteiger partial charge < -0.3 is 15.5 Å². The van der Waals surface area contributed by atoms with E-state index < -0.39 is 0 Å². The maximum absolute atomic E-state index is 13.3. The molecule has 0 unspecified atom stereocenters. The van der Waals surface area contributed by atoms with Crippen molar-refractivity contribution in [3.8, 4) is 0 Å². The molecule has 0 radical (unpaired) electrons. The van der Waals surface area contributed by atoms with Crippen LogP contribution in [0, 0.1) is 5.82 Å². The quantitative estimate of drug-likeness (QED) is 0.806. The summed E-state index contributed by atoms with van der Waals surface area (Å²) >= 11 is 0. The van der Waals surface area contributed by atoms with Gasteiger partial charge in [0.15, 0.2) is 0 Å². The molecule has 6 heteroatoms. The Labute approximate surface area is 147 Å². The topological polar surface area (TPSA) is 61.4 Å². The van der Waals surface area contributed by atoms with Crippen LogP contribution in [0.15, 0.2) is 35.9 Å². The van der Waals surface area contributed by atoms with Gasteiger partial charge in [0.1, 0.15) is 5.82 Å². The molecular formula is C19H24FN3O2. The van der Waals surface area contributed by atoms with Crippen molar-refractivity contribution in [2.24, 2.45) is 0 Å². The molecule has 1 aliphatic carbocycles. The lowest BCUT2D eigenvalue weighted by molar-refractivity contribution is -0.117. The van der Waals surface area contributed by atoms with E-state index in [9.17, 15) is 14.0 Å². The van der Waals surface area contributed by atoms with Crippen molar-refractivity contribution in [2.75, 3.05) is 18.0 Å². The highest BCUT2D eigenvalue weighted by atomic mass is 19.1. The van der Waals surface area contributed by atoms with Gasteiger partial charge in [0, 0.05) is 25.2 Å². The average molecular weight is 345 g/mol. The van der Waals surface area contributed by atoms with Gasteiger partial charge in [-0.15, -0.1) is 0 Å². The smallest absolute Gasteiger partial charge is 0.315 e. The van der Waals surface area contributed by atoms with Crippen molar-refractivity contribution in [3.05, 3.63) is 41.7 Å². The number of halogens is 1. The second kappa shape index (κ2) is 8.14. The molecule has 1 fully saturated rings. The zero-order chi connectivity index (χ0) is 17.6. The summed E-state index contributed by atoms with van der Waals surface area (Å²) in [6.45, 7) is 0.965. The molecule has 1 saturated heterocycles. The largest absolute Gasteiger partial charge is 0.338 e. The van der Waals surface area contributed by atoms with E-state index in [0.717, 1.165) is 19.3 Å². The molecule has 3 rings (SSSR count). The van der Waals surface area contributed by atoms with E-state index in [2.05, 4.69) is 16.7 Å². The van der Waals surface area contributed by atoms with Gasteiger partial charge in [0.2, 0.25) is 5.91 Å². The summed E-state index contributed by atoms with van der Waals surface area (Å²) in [5.74, 6) is -0.486. The van der Waals surface area contributed by atoms with Crippen LogP contribution in [0.3, 0.4) is 0 Å². The van der Waals surface area contributed by atoms with Crippen molar-refractivity contribution < 1.29 is 14.0 Å². The lowest BCUT2D eigenvalue weighted by Gasteiger charge is -2.18. The molecule has 1 heterocycles. The fraction of sp³-hybridized carbons (Fsp3) is 0.474. The van der Waals surface area contributed by atoms with Gasteiger partial charge in [-0.3, -0.25) is 4.79 Å². The van der Waals surface area contributed by atoms with Crippen molar-refractivity contribution in [3.63, 3.8) is 0 Å². The second-order valence-corrected chi connectivity index (χ2v) is 6.64. The van der Waals surface area contributed by atoms with E-state index in [1.807, 2.05) is 0 Å². The Hall–Kier alpha value is -2.37. The first-order valence-corrected chi connectivity index (χ1v) is 8.90. The number of rotatable bonds is 5. The fourth-order valence-electron chi connectivity index (χ4n) is 3.40. The molecule has 0 saturated carbocycles. The molecule has 3 amide bonds. The standard InChI is InChI=1S/C19H24FN3O2/c20-15-7-4-8-17(11-15)23-13-16(12-18(23)24)22-19(25)21-10-9-14-5-2-1-3-6-14/h4-5,7-8,11,16H,1-3,6,9-10,12-13H2,(H2,21,22,25)/t16-/m1/s1. The zero-order valence-electron chi connectivity index (χ0n) is 14.3. The Bertz CT molecular complexity index is 674. The van der Waals surface area contributed by atoms with E-state index in [-0.39, 0.29) is 30.2 Å². The summed E-state index contributed by atoms with van der Waals surface area (Å²) in [6.07, 6.45) is 8.15. The van der Waals surface area contributed by atoms with Crippen LogP contribution >= 0.6 is 0 Å². The van der Waals surface area contributed by atoms with Gasteiger partial charge in [-0.2, -0.15) is 0 Å². The summed E-state index contributed by atoms with van der Waals surface area (Å²) in [6, 6.07) is 5.43. The Balaban J connectivity index is 1.44. The van der Waals surface area contributed by atoms with E-state index in [4.69, 9.17) is 0 Å². The average Bonchev–Trinajstić information content (AvgIpc) is 2.96. The third-order valence-electron chi connectivity index (χ3n) is 4.70. The first-order chi connectivity index (χ1) is 12.1. The number of allylic oxidation sites excluding steroid dienone is 1. The predicted octanol–water partition coefficient (Wildman–Crippen LogP) is 3.12. The molecule has 0 bridgehead atoms. The van der Waals surface area contributed by atoms with Crippen molar-refractivity contribution in [1.82, 2.24) is 10.6 Å². The highest BCUT2D eigenvalue weighted by molar-refractivity contribution is 5.96. The Morgan fingerprint density at radius 1 is 1.32 bits per heavy atom. The summed E-state index contributed by atoms with van der Waals surface area (Å²) < 4.78 is 13.3. The number of hydrogen-bond donors (Lipinski definition) is 2. The number of benzene rings is 1. The van der Waals surface area contributed by atoms with Crippen LogP contribution in [0.1, 0.15) is 38.5 Å². The first kappa shape index (κ1) is 17.5. The van der Waals surface area contributed by atoms with Crippen LogP contribution < -0.4 is 15.5 Å². The summed E-state index contributed by atoms with van der Waals surface area (Å²) in [5.41, 5.74) is 1.94. The van der Waals surface area contributed by atoms with Gasteiger partial charge >= 0.3 is 6.03 Å². The number of carbonyl (C=O) groups is 2. The van der Waals surface area contributed by atoms with Crippen molar-refractivity contribution in [2.45, 2.75) is 44.6 Å². The minimum absolute atomic E-state index is 0.108. The number of nitrogens with one attached hydrogen (secondary N) is 2. The number of urea groups is 1. The molecule has 2 N–H and O–H groups in total. The molecule has 134 valence electrons. The number of carbonyl (C=O) groups excluding carboxylic acids is 2. The van der Waals surface area contributed by atoms with Gasteiger partial charge in [0.25, 0.3) is 0 Å². The predicted molar refractivity (Wildman–Crippen MR) is 94.9 cm³/mol. The van der Waals surface area contributed by atoms with Crippen LogP contribution in [0.2, 0.25) is 0 Å². The van der Waals surface area contributed by atoms with Gasteiger partial charge in [-0.05, 0) is 50.3 Å². The van der Waals surface area contributed by atoms with Crippen molar-refractivity contribution in [1.29, 1.82) is 0 Å². The minimum atomic E-state index is -0.378. The molecule has 25 heavy (non-hydrogen) atoms. The number of anilines is 1. The minimum Gasteiger partial charge on any atom is -0.338 e. The van der Waals surface area contributed by atoms with E-state index in [0.29, 0.717) is 18.8 Å². The van der Waals surface area contributed by atoms with Gasteiger partial charge in [-0.25, -0.2) is 9.18 Å². The van der Waals surface area contributed by atoms with Crippen LogP contribution in [0.4, 0.5) is 14.9 Å². The van der Waals surface area contributed by atoms with E-state index in [1.165, 1.54) is 35.4 Å². The fourth-order valence-corrected chi connectivity index (χ4v) is 3.40. The van der Waals surface area contributed by atoms with Crippen LogP contribution in [0.25, 0.3) is 0 Å². The highest BCUT2D eigenvalue weighted by Crippen LogP contribution is 2.22. The lowest BCUT2D eigenvalue weighted by Crippen LogP contribution is -2.43. The molecule has 2 aliphatic rings. The van der Waals surface area contributed by atoms with Crippen LogP contribution in [-0.2, 0) is 4.79 Å². The van der Waals surface area contributed by atoms with Crippen LogP contribution in [-0.4, -0.2) is 31.1 Å². The van der Waals surface area contributed by atoms with Crippen molar-refractivity contribution >= 4 is 17.6 Å². The third kappa shape index (κ3) is 4.81. The lowest BCUT2D eigenvalue weighted by atomic mass is 9.97. The number of hydrogen-bond acceptors (Lipinski definition) is 2. The molecule has 1 atom stereocenters. The first-order valence-electron chi connectivity index (χ1n) is 8.90. The number of amides is 3. The monoisotopic (exact) mass is 345 g/mol. The Morgan fingerprint density at radius 2 is 2.20 bits per heavy atom. The molecule has 0 spiro atoms. The maximum atomic E-state index is 13.3. The normalized spacial score (nSPS) is 20.4. The summed E-state index contributed by atoms with van der Waals surface area (Å²) in [5, 5.41) is 5.69. The van der Waals surface area contributed by atoms with Gasteiger partial charge in [-0.1, -0.05) is 17.7 Å². The molecule has 1 aromatic rings. The summed E-state index contributed by atoms with van der Waals surface area (Å²) in [7, 11) is 0. The molecule has 0 aromatic heterocycles. The Kier molecular flexibility index (Phi) is 5.68. The molecule has 1 aliphatic heterocycles. The molecule has 1 aromatic carbocycles. The van der Waals surface area contributed by atoms with E-state index in [1.54, 1.807) is 12.1 Å². The zero-order valence-corrected chi connectivity index (χ0v) is 14.3. The third-order valence-corrected chi connectivity index (χ3v) is 4.70. The molecule has 5 nitrogen and oxygen atoms in total. The van der Waals surface area contributed by atoms with Crippen LogP contribution in [0.5, 0.6) is 0 Å².